The van der Waals surface area contributed by atoms with Gasteiger partial charge in [0, 0.05) is 18.5 Å². The molecule has 0 radical (unpaired) electrons. The molecule has 1 rings (SSSR count). The van der Waals surface area contributed by atoms with Crippen LogP contribution in [0.5, 0.6) is 0 Å². The van der Waals surface area contributed by atoms with Gasteiger partial charge in [-0.3, -0.25) is 0 Å². The van der Waals surface area contributed by atoms with E-state index in [1.54, 1.807) is 0 Å². The van der Waals surface area contributed by atoms with Crippen molar-refractivity contribution >= 4 is 11.6 Å². The third-order valence-corrected chi connectivity index (χ3v) is 3.39. The van der Waals surface area contributed by atoms with Crippen LogP contribution in [-0.4, -0.2) is 31.2 Å². The Morgan fingerprint density at radius 3 is 2.86 bits per heavy atom. The number of nitrogens with one attached hydrogen (secondary N) is 1. The van der Waals surface area contributed by atoms with Gasteiger partial charge in [-0.2, -0.15) is 0 Å². The van der Waals surface area contributed by atoms with Gasteiger partial charge in [-0.15, -0.1) is 11.6 Å². The van der Waals surface area contributed by atoms with Gasteiger partial charge >= 0.3 is 0 Å². The highest BCUT2D eigenvalue weighted by Gasteiger charge is 2.15. The molecule has 2 atom stereocenters. The molecule has 1 aliphatic rings. The maximum absolute atomic E-state index is 6.12. The predicted molar refractivity (Wildman–Crippen MR) is 60.9 cm³/mol. The molecule has 0 aromatic rings. The molecule has 14 heavy (non-hydrogen) atoms. The SMILES string of the molecule is CC(C)C(Cl)CNCCC1CCCO1. The van der Waals surface area contributed by atoms with E-state index < -0.39 is 0 Å². The highest BCUT2D eigenvalue weighted by molar-refractivity contribution is 6.20. The van der Waals surface area contributed by atoms with E-state index in [-0.39, 0.29) is 5.38 Å². The lowest BCUT2D eigenvalue weighted by molar-refractivity contribution is 0.104. The minimum absolute atomic E-state index is 0.250. The quantitative estimate of drug-likeness (QED) is 0.547. The van der Waals surface area contributed by atoms with Crippen LogP contribution in [0.15, 0.2) is 0 Å². The van der Waals surface area contributed by atoms with Crippen molar-refractivity contribution in [2.45, 2.75) is 44.6 Å². The van der Waals surface area contributed by atoms with Gasteiger partial charge in [0.2, 0.25) is 0 Å². The van der Waals surface area contributed by atoms with Gasteiger partial charge in [0.25, 0.3) is 0 Å². The summed E-state index contributed by atoms with van der Waals surface area (Å²) in [5.74, 6) is 0.548. The average Bonchev–Trinajstić information content (AvgIpc) is 2.64. The molecule has 0 aromatic heterocycles. The van der Waals surface area contributed by atoms with Crippen molar-refractivity contribution in [1.29, 1.82) is 0 Å². The first-order valence-corrected chi connectivity index (χ1v) is 6.10. The van der Waals surface area contributed by atoms with Crippen LogP contribution in [0.1, 0.15) is 33.1 Å². The Labute approximate surface area is 92.3 Å². The fourth-order valence-electron chi connectivity index (χ4n) is 1.61. The first-order valence-electron chi connectivity index (χ1n) is 5.66. The third kappa shape index (κ3) is 4.63. The summed E-state index contributed by atoms with van der Waals surface area (Å²) in [4.78, 5) is 0. The second-order valence-corrected chi connectivity index (χ2v) is 4.95. The van der Waals surface area contributed by atoms with E-state index in [2.05, 4.69) is 19.2 Å². The summed E-state index contributed by atoms with van der Waals surface area (Å²) < 4.78 is 5.53. The molecular formula is C11H22ClNO. The van der Waals surface area contributed by atoms with E-state index in [0.29, 0.717) is 12.0 Å². The summed E-state index contributed by atoms with van der Waals surface area (Å²) >= 11 is 6.12. The monoisotopic (exact) mass is 219 g/mol. The number of ether oxygens (including phenoxy) is 1. The summed E-state index contributed by atoms with van der Waals surface area (Å²) in [5, 5.41) is 3.63. The highest BCUT2D eigenvalue weighted by atomic mass is 35.5. The lowest BCUT2D eigenvalue weighted by atomic mass is 10.1. The van der Waals surface area contributed by atoms with Crippen LogP contribution in [0.2, 0.25) is 0 Å². The van der Waals surface area contributed by atoms with Gasteiger partial charge in [0.1, 0.15) is 0 Å². The Kier molecular flexibility index (Phi) is 5.83. The summed E-state index contributed by atoms with van der Waals surface area (Å²) in [6, 6.07) is 0. The molecule has 2 nitrogen and oxygen atoms in total. The number of hydrogen-bond donors (Lipinski definition) is 1. The van der Waals surface area contributed by atoms with Crippen LogP contribution in [-0.2, 0) is 4.74 Å². The van der Waals surface area contributed by atoms with Gasteiger partial charge in [0.05, 0.1) is 6.10 Å². The Balaban J connectivity index is 1.93. The van der Waals surface area contributed by atoms with E-state index in [1.807, 2.05) is 0 Å². The number of alkyl halides is 1. The van der Waals surface area contributed by atoms with Crippen molar-refractivity contribution in [2.75, 3.05) is 19.7 Å². The van der Waals surface area contributed by atoms with Crippen LogP contribution in [0.25, 0.3) is 0 Å². The van der Waals surface area contributed by atoms with Gasteiger partial charge < -0.3 is 10.1 Å². The van der Waals surface area contributed by atoms with Crippen molar-refractivity contribution in [2.24, 2.45) is 5.92 Å². The average molecular weight is 220 g/mol. The molecule has 1 aliphatic heterocycles. The highest BCUT2D eigenvalue weighted by Crippen LogP contribution is 2.14. The van der Waals surface area contributed by atoms with Crippen LogP contribution >= 0.6 is 11.6 Å². The molecule has 1 saturated heterocycles. The zero-order chi connectivity index (χ0) is 10.4. The smallest absolute Gasteiger partial charge is 0.0588 e. The molecule has 2 unspecified atom stereocenters. The molecule has 84 valence electrons. The number of rotatable bonds is 6. The van der Waals surface area contributed by atoms with E-state index in [4.69, 9.17) is 16.3 Å². The standard InChI is InChI=1S/C11H22ClNO/c1-9(2)11(12)8-13-6-5-10-4-3-7-14-10/h9-11,13H,3-8H2,1-2H3. The Morgan fingerprint density at radius 1 is 1.50 bits per heavy atom. The van der Waals surface area contributed by atoms with Gasteiger partial charge in [-0.05, 0) is 31.7 Å². The normalized spacial score (nSPS) is 24.4. The maximum Gasteiger partial charge on any atom is 0.0588 e. The lowest BCUT2D eigenvalue weighted by Crippen LogP contribution is -2.29. The number of hydrogen-bond acceptors (Lipinski definition) is 2. The summed E-state index contributed by atoms with van der Waals surface area (Å²) in [6.45, 7) is 7.19. The zero-order valence-electron chi connectivity index (χ0n) is 9.26. The van der Waals surface area contributed by atoms with E-state index in [1.165, 1.54) is 12.8 Å². The van der Waals surface area contributed by atoms with Gasteiger partial charge in [-0.1, -0.05) is 13.8 Å². The van der Waals surface area contributed by atoms with E-state index in [0.717, 1.165) is 26.1 Å². The minimum Gasteiger partial charge on any atom is -0.378 e. The molecule has 1 fully saturated rings. The molecule has 1 heterocycles. The topological polar surface area (TPSA) is 21.3 Å². The van der Waals surface area contributed by atoms with Crippen molar-refractivity contribution in [3.63, 3.8) is 0 Å². The molecule has 3 heteroatoms. The van der Waals surface area contributed by atoms with Crippen molar-refractivity contribution in [3.8, 4) is 0 Å². The number of halogens is 1. The molecule has 0 amide bonds. The fourth-order valence-corrected chi connectivity index (χ4v) is 1.72. The fraction of sp³-hybridized carbons (Fsp3) is 1.00. The Morgan fingerprint density at radius 2 is 2.29 bits per heavy atom. The Hall–Kier alpha value is 0.210. The molecule has 0 spiro atoms. The van der Waals surface area contributed by atoms with Crippen LogP contribution in [0.4, 0.5) is 0 Å². The zero-order valence-corrected chi connectivity index (χ0v) is 10.0. The molecule has 0 bridgehead atoms. The summed E-state index contributed by atoms with van der Waals surface area (Å²) in [6.07, 6.45) is 4.09. The largest absolute Gasteiger partial charge is 0.378 e. The van der Waals surface area contributed by atoms with Gasteiger partial charge in [0.15, 0.2) is 0 Å². The van der Waals surface area contributed by atoms with Gasteiger partial charge in [-0.25, -0.2) is 0 Å². The lowest BCUT2D eigenvalue weighted by Gasteiger charge is -2.15. The molecule has 1 N–H and O–H groups in total. The maximum atomic E-state index is 6.12. The van der Waals surface area contributed by atoms with Crippen molar-refractivity contribution < 1.29 is 4.74 Å². The summed E-state index contributed by atoms with van der Waals surface area (Å²) in [5.41, 5.74) is 0. The minimum atomic E-state index is 0.250. The molecule has 0 aromatic carbocycles. The second kappa shape index (κ2) is 6.65. The van der Waals surface area contributed by atoms with Crippen LogP contribution in [0.3, 0.4) is 0 Å². The first kappa shape index (κ1) is 12.3. The molecule has 0 saturated carbocycles. The second-order valence-electron chi connectivity index (χ2n) is 4.39. The van der Waals surface area contributed by atoms with Crippen LogP contribution < -0.4 is 5.32 Å². The molecular weight excluding hydrogens is 198 g/mol. The van der Waals surface area contributed by atoms with Crippen LogP contribution in [0, 0.1) is 5.92 Å². The Bertz CT molecular complexity index is 142. The third-order valence-electron chi connectivity index (χ3n) is 2.73. The van der Waals surface area contributed by atoms with E-state index >= 15 is 0 Å². The predicted octanol–water partition coefficient (Wildman–Crippen LogP) is 2.41. The summed E-state index contributed by atoms with van der Waals surface area (Å²) in [7, 11) is 0. The van der Waals surface area contributed by atoms with Crippen molar-refractivity contribution in [1.82, 2.24) is 5.32 Å². The van der Waals surface area contributed by atoms with E-state index in [9.17, 15) is 0 Å². The molecule has 0 aliphatic carbocycles. The van der Waals surface area contributed by atoms with Crippen molar-refractivity contribution in [3.05, 3.63) is 0 Å². The first-order chi connectivity index (χ1) is 6.70.